The molecule has 2 aliphatic heterocycles. The minimum Gasteiger partial charge on any atom is -0.505 e. The molecule has 0 bridgehead atoms. The van der Waals surface area contributed by atoms with Crippen LogP contribution in [0.25, 0.3) is 0 Å². The molecule has 25 heavy (non-hydrogen) atoms. The maximum Gasteiger partial charge on any atom is 0.164 e. The fraction of sp³-hybridized carbons (Fsp3) is 0.350. The molecule has 1 saturated carbocycles. The molecule has 4 nitrogen and oxygen atoms in total. The second-order valence-corrected chi connectivity index (χ2v) is 6.31. The molecule has 0 radical (unpaired) electrons. The second kappa shape index (κ2) is 9.18. The average Bonchev–Trinajstić information content (AvgIpc) is 3.01. The number of carbonyl (C=O) groups is 1. The Kier molecular flexibility index (Phi) is 6.95. The Bertz CT molecular complexity index is 670. The van der Waals surface area contributed by atoms with Gasteiger partial charge in [0.15, 0.2) is 17.3 Å². The van der Waals surface area contributed by atoms with E-state index in [0.717, 1.165) is 17.2 Å². The molecule has 1 aromatic rings. The number of benzene rings is 1. The molecular formula is C20H25FN2O2. The lowest BCUT2D eigenvalue weighted by atomic mass is 9.88. The van der Waals surface area contributed by atoms with Gasteiger partial charge in [-0.3, -0.25) is 9.80 Å². The summed E-state index contributed by atoms with van der Waals surface area (Å²) in [5.74, 6) is 0.329. The van der Waals surface area contributed by atoms with Gasteiger partial charge in [-0.2, -0.15) is 0 Å². The van der Waals surface area contributed by atoms with E-state index in [9.17, 15) is 9.18 Å². The number of phenolic OH excluding ortho intramolecular Hbond substituents is 1. The number of fused-ring (bicyclic) bond motifs is 1. The van der Waals surface area contributed by atoms with Gasteiger partial charge in [0.25, 0.3) is 0 Å². The minimum atomic E-state index is -0.576. The SMILES string of the molecule is CC(=O)C1=C2C=CC=CN2NC1.CC1CCC1.Oc1ccccc1F. The lowest BCUT2D eigenvalue weighted by Gasteiger charge is -2.18. The number of hydrogen-bond acceptors (Lipinski definition) is 4. The van der Waals surface area contributed by atoms with Crippen molar-refractivity contribution in [1.29, 1.82) is 0 Å². The largest absolute Gasteiger partial charge is 0.505 e. The summed E-state index contributed by atoms with van der Waals surface area (Å²) < 4.78 is 12.1. The third-order valence-electron chi connectivity index (χ3n) is 4.27. The predicted molar refractivity (Wildman–Crippen MR) is 96.9 cm³/mol. The summed E-state index contributed by atoms with van der Waals surface area (Å²) >= 11 is 0. The maximum atomic E-state index is 12.1. The number of aromatic hydroxyl groups is 1. The number of rotatable bonds is 1. The highest BCUT2D eigenvalue weighted by Gasteiger charge is 2.21. The van der Waals surface area contributed by atoms with Gasteiger partial charge in [-0.05, 0) is 37.1 Å². The van der Waals surface area contributed by atoms with Crippen molar-refractivity contribution < 1.29 is 14.3 Å². The molecular weight excluding hydrogens is 319 g/mol. The molecule has 3 aliphatic rings. The van der Waals surface area contributed by atoms with Crippen LogP contribution in [0.2, 0.25) is 0 Å². The summed E-state index contributed by atoms with van der Waals surface area (Å²) in [5, 5.41) is 10.4. The highest BCUT2D eigenvalue weighted by Crippen LogP contribution is 2.24. The van der Waals surface area contributed by atoms with Gasteiger partial charge in [0.2, 0.25) is 0 Å². The van der Waals surface area contributed by atoms with E-state index < -0.39 is 5.82 Å². The van der Waals surface area contributed by atoms with Gasteiger partial charge in [0, 0.05) is 18.3 Å². The molecule has 0 aromatic heterocycles. The summed E-state index contributed by atoms with van der Waals surface area (Å²) in [7, 11) is 0. The fourth-order valence-corrected chi connectivity index (χ4v) is 2.45. The maximum absolute atomic E-state index is 12.1. The van der Waals surface area contributed by atoms with Gasteiger partial charge < -0.3 is 5.11 Å². The molecule has 0 saturated heterocycles. The highest BCUT2D eigenvalue weighted by molar-refractivity contribution is 5.95. The number of para-hydroxylation sites is 1. The summed E-state index contributed by atoms with van der Waals surface area (Å²) in [6.45, 7) is 4.54. The lowest BCUT2D eigenvalue weighted by Crippen LogP contribution is -2.26. The first-order valence-electron chi connectivity index (χ1n) is 8.54. The molecule has 2 N–H and O–H groups in total. The van der Waals surface area contributed by atoms with Crippen LogP contribution in [0, 0.1) is 11.7 Å². The first-order valence-corrected chi connectivity index (χ1v) is 8.54. The average molecular weight is 344 g/mol. The Labute approximate surface area is 148 Å². The van der Waals surface area contributed by atoms with Crippen molar-refractivity contribution in [3.63, 3.8) is 0 Å². The molecule has 4 rings (SSSR count). The zero-order valence-corrected chi connectivity index (χ0v) is 14.7. The van der Waals surface area contributed by atoms with E-state index in [4.69, 9.17) is 5.11 Å². The zero-order chi connectivity index (χ0) is 18.2. The third kappa shape index (κ3) is 5.57. The van der Waals surface area contributed by atoms with E-state index in [1.165, 1.54) is 37.5 Å². The Balaban J connectivity index is 0.000000149. The van der Waals surface area contributed by atoms with Crippen LogP contribution < -0.4 is 5.43 Å². The zero-order valence-electron chi connectivity index (χ0n) is 14.7. The van der Waals surface area contributed by atoms with Crippen molar-refractivity contribution in [2.24, 2.45) is 5.92 Å². The minimum absolute atomic E-state index is 0.139. The predicted octanol–water partition coefficient (Wildman–Crippen LogP) is 4.07. The number of hydrazine groups is 1. The number of carbonyl (C=O) groups excluding carboxylic acids is 1. The normalized spacial score (nSPS) is 17.8. The molecule has 5 heteroatoms. The molecule has 2 heterocycles. The monoisotopic (exact) mass is 344 g/mol. The van der Waals surface area contributed by atoms with Crippen LogP contribution in [-0.4, -0.2) is 22.4 Å². The van der Waals surface area contributed by atoms with E-state index in [-0.39, 0.29) is 11.5 Å². The number of halogens is 1. The van der Waals surface area contributed by atoms with Gasteiger partial charge in [-0.1, -0.05) is 44.4 Å². The summed E-state index contributed by atoms with van der Waals surface area (Å²) in [6, 6.07) is 5.60. The summed E-state index contributed by atoms with van der Waals surface area (Å²) in [4.78, 5) is 11.1. The standard InChI is InChI=1S/C9H10N2O.C6H5FO.C5H10/c1-7(12)8-6-10-11-5-3-2-4-9(8)11;7-5-3-1-2-4-6(5)8;1-5-3-2-4-5/h2-5,10H,6H2,1H3;1-4,8H;5H,2-4H2,1H3. The molecule has 0 amide bonds. The van der Waals surface area contributed by atoms with Crippen molar-refractivity contribution in [3.8, 4) is 5.75 Å². The number of nitrogens with zero attached hydrogens (tertiary/aromatic N) is 1. The van der Waals surface area contributed by atoms with Crippen LogP contribution in [0.4, 0.5) is 4.39 Å². The number of nitrogens with one attached hydrogen (secondary N) is 1. The van der Waals surface area contributed by atoms with Crippen LogP contribution in [0.1, 0.15) is 33.1 Å². The Morgan fingerprint density at radius 1 is 1.28 bits per heavy atom. The van der Waals surface area contributed by atoms with Gasteiger partial charge >= 0.3 is 0 Å². The van der Waals surface area contributed by atoms with Crippen LogP contribution in [0.5, 0.6) is 5.75 Å². The van der Waals surface area contributed by atoms with Gasteiger partial charge in [-0.15, -0.1) is 0 Å². The van der Waals surface area contributed by atoms with E-state index in [1.54, 1.807) is 13.0 Å². The van der Waals surface area contributed by atoms with E-state index >= 15 is 0 Å². The van der Waals surface area contributed by atoms with Crippen LogP contribution in [0.3, 0.4) is 0 Å². The molecule has 0 spiro atoms. The van der Waals surface area contributed by atoms with E-state index in [0.29, 0.717) is 6.54 Å². The first kappa shape index (κ1) is 18.9. The van der Waals surface area contributed by atoms with E-state index in [1.807, 2.05) is 29.4 Å². The molecule has 134 valence electrons. The molecule has 1 aliphatic carbocycles. The first-order chi connectivity index (χ1) is 12.0. The van der Waals surface area contributed by atoms with Crippen molar-refractivity contribution in [3.05, 3.63) is 65.8 Å². The van der Waals surface area contributed by atoms with Crippen molar-refractivity contribution in [1.82, 2.24) is 10.4 Å². The van der Waals surface area contributed by atoms with Crippen molar-refractivity contribution in [2.45, 2.75) is 33.1 Å². The van der Waals surface area contributed by atoms with Crippen LogP contribution in [-0.2, 0) is 4.79 Å². The molecule has 0 atom stereocenters. The van der Waals surface area contributed by atoms with Crippen molar-refractivity contribution >= 4 is 5.78 Å². The summed E-state index contributed by atoms with van der Waals surface area (Å²) in [5.41, 5.74) is 4.92. The number of allylic oxidation sites excluding steroid dienone is 3. The molecule has 0 unspecified atom stereocenters. The van der Waals surface area contributed by atoms with Gasteiger partial charge in [0.1, 0.15) is 0 Å². The molecule has 1 fully saturated rings. The second-order valence-electron chi connectivity index (χ2n) is 6.31. The Hall–Kier alpha value is -2.40. The number of phenols is 1. The Morgan fingerprint density at radius 3 is 2.44 bits per heavy atom. The highest BCUT2D eigenvalue weighted by atomic mass is 19.1. The number of hydrogen-bond donors (Lipinski definition) is 2. The lowest BCUT2D eigenvalue weighted by molar-refractivity contribution is -0.113. The topological polar surface area (TPSA) is 52.6 Å². The van der Waals surface area contributed by atoms with Crippen molar-refractivity contribution in [2.75, 3.05) is 6.54 Å². The molecule has 1 aromatic carbocycles. The van der Waals surface area contributed by atoms with E-state index in [2.05, 4.69) is 12.3 Å². The summed E-state index contributed by atoms with van der Waals surface area (Å²) in [6.07, 6.45) is 12.2. The quantitative estimate of drug-likeness (QED) is 0.806. The van der Waals surface area contributed by atoms with Gasteiger partial charge in [0.05, 0.1) is 5.70 Å². The smallest absolute Gasteiger partial charge is 0.164 e. The Morgan fingerprint density at radius 2 is 1.96 bits per heavy atom. The fourth-order valence-electron chi connectivity index (χ4n) is 2.45. The number of Topliss-reactive ketones (excluding diaryl/α,β-unsaturated/α-hetero) is 1. The van der Waals surface area contributed by atoms with Crippen LogP contribution >= 0.6 is 0 Å². The number of ketones is 1. The van der Waals surface area contributed by atoms with Crippen LogP contribution in [0.15, 0.2) is 60.0 Å². The third-order valence-corrected chi connectivity index (χ3v) is 4.27. The van der Waals surface area contributed by atoms with Gasteiger partial charge in [-0.25, -0.2) is 9.82 Å².